The Balaban J connectivity index is 1.70. The minimum absolute atomic E-state index is 0.0118. The Morgan fingerprint density at radius 3 is 2.94 bits per heavy atom. The SMILES string of the molecule is O=C(C1Cc2ccccc2S1)N1CCC(O)C1. The normalized spacial score (nSPS) is 27.2. The first kappa shape index (κ1) is 11.1. The van der Waals surface area contributed by atoms with Crippen LogP contribution < -0.4 is 0 Å². The molecular formula is C13H15NO2S. The molecule has 0 radical (unpaired) electrons. The molecule has 0 aromatic heterocycles. The average molecular weight is 249 g/mol. The fourth-order valence-corrected chi connectivity index (χ4v) is 3.74. The molecule has 1 amide bonds. The van der Waals surface area contributed by atoms with E-state index >= 15 is 0 Å². The predicted molar refractivity (Wildman–Crippen MR) is 67.0 cm³/mol. The van der Waals surface area contributed by atoms with E-state index in [1.165, 1.54) is 10.5 Å². The van der Waals surface area contributed by atoms with Gasteiger partial charge in [-0.3, -0.25) is 4.79 Å². The highest BCUT2D eigenvalue weighted by atomic mass is 32.2. The fourth-order valence-electron chi connectivity index (χ4n) is 2.47. The molecule has 2 aliphatic rings. The molecule has 1 N–H and O–H groups in total. The number of hydrogen-bond acceptors (Lipinski definition) is 3. The number of nitrogens with zero attached hydrogens (tertiary/aromatic N) is 1. The molecular weight excluding hydrogens is 234 g/mol. The van der Waals surface area contributed by atoms with Crippen molar-refractivity contribution in [2.75, 3.05) is 13.1 Å². The van der Waals surface area contributed by atoms with E-state index in [4.69, 9.17) is 0 Å². The van der Waals surface area contributed by atoms with E-state index in [1.807, 2.05) is 12.1 Å². The van der Waals surface area contributed by atoms with Gasteiger partial charge in [-0.1, -0.05) is 18.2 Å². The number of hydrogen-bond donors (Lipinski definition) is 1. The molecule has 0 saturated carbocycles. The van der Waals surface area contributed by atoms with Crippen LogP contribution in [0.15, 0.2) is 29.2 Å². The minimum atomic E-state index is -0.326. The summed E-state index contributed by atoms with van der Waals surface area (Å²) in [6.45, 7) is 1.21. The number of β-amino-alcohol motifs (C(OH)–C–C–N with tert-alkyl or cyclic N) is 1. The van der Waals surface area contributed by atoms with Gasteiger partial charge in [0.2, 0.25) is 5.91 Å². The molecule has 1 fully saturated rings. The largest absolute Gasteiger partial charge is 0.391 e. The highest BCUT2D eigenvalue weighted by Gasteiger charge is 2.34. The number of benzene rings is 1. The number of aliphatic hydroxyl groups is 1. The first-order chi connectivity index (χ1) is 8.24. The monoisotopic (exact) mass is 249 g/mol. The van der Waals surface area contributed by atoms with Gasteiger partial charge in [0, 0.05) is 18.0 Å². The molecule has 1 saturated heterocycles. The van der Waals surface area contributed by atoms with E-state index in [0.717, 1.165) is 12.8 Å². The summed E-state index contributed by atoms with van der Waals surface area (Å²) in [7, 11) is 0. The van der Waals surface area contributed by atoms with E-state index < -0.39 is 0 Å². The van der Waals surface area contributed by atoms with E-state index in [1.54, 1.807) is 16.7 Å². The van der Waals surface area contributed by atoms with Crippen LogP contribution in [-0.2, 0) is 11.2 Å². The van der Waals surface area contributed by atoms with Crippen LogP contribution >= 0.6 is 11.8 Å². The van der Waals surface area contributed by atoms with Crippen LogP contribution in [0.2, 0.25) is 0 Å². The summed E-state index contributed by atoms with van der Waals surface area (Å²) < 4.78 is 0. The van der Waals surface area contributed by atoms with Crippen molar-refractivity contribution in [3.8, 4) is 0 Å². The second-order valence-corrected chi connectivity index (χ2v) is 5.89. The van der Waals surface area contributed by atoms with Crippen LogP contribution in [0.3, 0.4) is 0 Å². The quantitative estimate of drug-likeness (QED) is 0.815. The van der Waals surface area contributed by atoms with Gasteiger partial charge in [0.15, 0.2) is 0 Å². The van der Waals surface area contributed by atoms with Crippen LogP contribution in [0, 0.1) is 0 Å². The molecule has 4 heteroatoms. The molecule has 90 valence electrons. The zero-order valence-electron chi connectivity index (χ0n) is 9.50. The Bertz CT molecular complexity index is 424. The second kappa shape index (κ2) is 4.35. The van der Waals surface area contributed by atoms with E-state index in [9.17, 15) is 9.90 Å². The Labute approximate surface area is 105 Å². The van der Waals surface area contributed by atoms with Gasteiger partial charge in [-0.15, -0.1) is 11.8 Å². The highest BCUT2D eigenvalue weighted by Crippen LogP contribution is 2.37. The van der Waals surface area contributed by atoms with Crippen molar-refractivity contribution in [2.24, 2.45) is 0 Å². The molecule has 2 atom stereocenters. The van der Waals surface area contributed by atoms with Crippen molar-refractivity contribution in [1.29, 1.82) is 0 Å². The number of carbonyl (C=O) groups is 1. The molecule has 1 aromatic rings. The van der Waals surface area contributed by atoms with Gasteiger partial charge >= 0.3 is 0 Å². The van der Waals surface area contributed by atoms with Crippen LogP contribution in [0.5, 0.6) is 0 Å². The first-order valence-electron chi connectivity index (χ1n) is 5.95. The molecule has 0 bridgehead atoms. The third-order valence-corrected chi connectivity index (χ3v) is 4.70. The summed E-state index contributed by atoms with van der Waals surface area (Å²) in [5, 5.41) is 9.48. The maximum Gasteiger partial charge on any atom is 0.236 e. The van der Waals surface area contributed by atoms with Crippen molar-refractivity contribution in [3.05, 3.63) is 29.8 Å². The molecule has 0 aliphatic carbocycles. The Morgan fingerprint density at radius 1 is 1.41 bits per heavy atom. The zero-order valence-corrected chi connectivity index (χ0v) is 10.3. The second-order valence-electron chi connectivity index (χ2n) is 4.65. The van der Waals surface area contributed by atoms with Crippen LogP contribution in [-0.4, -0.2) is 40.4 Å². The lowest BCUT2D eigenvalue weighted by Gasteiger charge is -2.19. The van der Waals surface area contributed by atoms with Crippen LogP contribution in [0.1, 0.15) is 12.0 Å². The summed E-state index contributed by atoms with van der Waals surface area (Å²) in [5.41, 5.74) is 1.27. The molecule has 3 nitrogen and oxygen atoms in total. The first-order valence-corrected chi connectivity index (χ1v) is 6.83. The minimum Gasteiger partial charge on any atom is -0.391 e. The van der Waals surface area contributed by atoms with Crippen molar-refractivity contribution in [1.82, 2.24) is 4.90 Å². The average Bonchev–Trinajstić information content (AvgIpc) is 2.93. The van der Waals surface area contributed by atoms with Gasteiger partial charge in [-0.25, -0.2) is 0 Å². The number of aliphatic hydroxyl groups excluding tert-OH is 1. The van der Waals surface area contributed by atoms with Gasteiger partial charge in [0.25, 0.3) is 0 Å². The zero-order chi connectivity index (χ0) is 11.8. The van der Waals surface area contributed by atoms with Crippen LogP contribution in [0.25, 0.3) is 0 Å². The summed E-state index contributed by atoms with van der Waals surface area (Å²) in [6, 6.07) is 8.20. The van der Waals surface area contributed by atoms with Gasteiger partial charge in [0.05, 0.1) is 11.4 Å². The molecule has 1 aromatic carbocycles. The van der Waals surface area contributed by atoms with Gasteiger partial charge in [0.1, 0.15) is 0 Å². The Kier molecular flexibility index (Phi) is 2.84. The number of amides is 1. The molecule has 2 heterocycles. The third-order valence-electron chi connectivity index (χ3n) is 3.40. The van der Waals surface area contributed by atoms with Crippen molar-refractivity contribution in [3.63, 3.8) is 0 Å². The fraction of sp³-hybridized carbons (Fsp3) is 0.462. The highest BCUT2D eigenvalue weighted by molar-refractivity contribution is 8.01. The van der Waals surface area contributed by atoms with E-state index in [2.05, 4.69) is 12.1 Å². The maximum atomic E-state index is 12.3. The van der Waals surface area contributed by atoms with E-state index in [-0.39, 0.29) is 17.3 Å². The number of thioether (sulfide) groups is 1. The van der Waals surface area contributed by atoms with Crippen molar-refractivity contribution in [2.45, 2.75) is 29.1 Å². The summed E-state index contributed by atoms with van der Waals surface area (Å²) in [6.07, 6.45) is 1.22. The number of carbonyl (C=O) groups excluding carboxylic acids is 1. The Morgan fingerprint density at radius 2 is 2.24 bits per heavy atom. The van der Waals surface area contributed by atoms with Gasteiger partial charge < -0.3 is 10.0 Å². The maximum absolute atomic E-state index is 12.3. The number of likely N-dealkylation sites (tertiary alicyclic amines) is 1. The summed E-state index contributed by atoms with van der Waals surface area (Å²) in [4.78, 5) is 15.3. The molecule has 0 spiro atoms. The van der Waals surface area contributed by atoms with Crippen molar-refractivity contribution < 1.29 is 9.90 Å². The lowest BCUT2D eigenvalue weighted by molar-refractivity contribution is -0.129. The lowest BCUT2D eigenvalue weighted by Crippen LogP contribution is -2.36. The molecule has 2 unspecified atom stereocenters. The Hall–Kier alpha value is -1.00. The van der Waals surface area contributed by atoms with Crippen LogP contribution in [0.4, 0.5) is 0 Å². The van der Waals surface area contributed by atoms with E-state index in [0.29, 0.717) is 13.1 Å². The summed E-state index contributed by atoms with van der Waals surface area (Å²) >= 11 is 1.66. The van der Waals surface area contributed by atoms with Gasteiger partial charge in [-0.2, -0.15) is 0 Å². The number of fused-ring (bicyclic) bond motifs is 1. The molecule has 2 aliphatic heterocycles. The number of rotatable bonds is 1. The smallest absolute Gasteiger partial charge is 0.236 e. The molecule has 3 rings (SSSR count). The predicted octanol–water partition coefficient (Wildman–Crippen LogP) is 1.30. The van der Waals surface area contributed by atoms with Crippen molar-refractivity contribution >= 4 is 17.7 Å². The standard InChI is InChI=1S/C13H15NO2S/c15-10-5-6-14(8-10)13(16)12-7-9-3-1-2-4-11(9)17-12/h1-4,10,12,15H,5-8H2. The lowest BCUT2D eigenvalue weighted by atomic mass is 10.1. The third kappa shape index (κ3) is 2.07. The van der Waals surface area contributed by atoms with Gasteiger partial charge in [-0.05, 0) is 24.5 Å². The summed E-state index contributed by atoms with van der Waals surface area (Å²) in [5.74, 6) is 0.183. The molecule has 17 heavy (non-hydrogen) atoms. The topological polar surface area (TPSA) is 40.5 Å².